The number of aromatic amines is 1. The van der Waals surface area contributed by atoms with Gasteiger partial charge < -0.3 is 9.88 Å². The molecule has 21 heavy (non-hydrogen) atoms. The largest absolute Gasteiger partial charge is 0.345 e. The van der Waals surface area contributed by atoms with Gasteiger partial charge in [0.1, 0.15) is 0 Å². The van der Waals surface area contributed by atoms with Crippen LogP contribution in [-0.4, -0.2) is 33.9 Å². The second kappa shape index (κ2) is 5.72. The second-order valence-electron chi connectivity index (χ2n) is 6.17. The minimum Gasteiger partial charge on any atom is -0.345 e. The highest BCUT2D eigenvalue weighted by molar-refractivity contribution is 6.00. The van der Waals surface area contributed by atoms with Gasteiger partial charge in [-0.25, -0.2) is 4.98 Å². The number of rotatable bonds is 2. The molecule has 4 nitrogen and oxygen atoms in total. The molecule has 2 heterocycles. The summed E-state index contributed by atoms with van der Waals surface area (Å²) < 4.78 is 0. The molecule has 1 aliphatic heterocycles. The van der Waals surface area contributed by atoms with E-state index in [2.05, 4.69) is 23.8 Å². The highest BCUT2D eigenvalue weighted by Crippen LogP contribution is 2.26. The Morgan fingerprint density at radius 2 is 1.95 bits per heavy atom. The van der Waals surface area contributed by atoms with Gasteiger partial charge in [-0.2, -0.15) is 0 Å². The molecular weight excluding hydrogens is 262 g/mol. The van der Waals surface area contributed by atoms with Crippen LogP contribution in [0.2, 0.25) is 0 Å². The van der Waals surface area contributed by atoms with Gasteiger partial charge in [0.25, 0.3) is 5.91 Å². The number of hydrogen-bond acceptors (Lipinski definition) is 2. The van der Waals surface area contributed by atoms with E-state index >= 15 is 0 Å². The number of piperidine rings is 1. The Kier molecular flexibility index (Phi) is 3.78. The molecule has 1 aromatic carbocycles. The normalized spacial score (nSPS) is 22.3. The number of hydrogen-bond donors (Lipinski definition) is 1. The first kappa shape index (κ1) is 13.9. The minimum absolute atomic E-state index is 0.124. The summed E-state index contributed by atoms with van der Waals surface area (Å²) >= 11 is 0. The molecule has 2 atom stereocenters. The molecule has 110 valence electrons. The van der Waals surface area contributed by atoms with E-state index in [-0.39, 0.29) is 5.91 Å². The molecule has 4 heteroatoms. The maximum Gasteiger partial charge on any atom is 0.254 e. The monoisotopic (exact) mass is 283 g/mol. The number of H-pyrrole nitrogens is 1. The third-order valence-corrected chi connectivity index (χ3v) is 4.10. The minimum atomic E-state index is 0.124. The molecule has 0 bridgehead atoms. The molecule has 1 saturated heterocycles. The number of nitrogens with one attached hydrogen (secondary N) is 1. The lowest BCUT2D eigenvalue weighted by atomic mass is 9.91. The number of likely N-dealkylation sites (tertiary alicyclic amines) is 1. The fourth-order valence-corrected chi connectivity index (χ4v) is 3.31. The summed E-state index contributed by atoms with van der Waals surface area (Å²) in [6.07, 6.45) is 4.60. The van der Waals surface area contributed by atoms with Crippen LogP contribution in [0.5, 0.6) is 0 Å². The van der Waals surface area contributed by atoms with E-state index in [1.165, 1.54) is 6.42 Å². The van der Waals surface area contributed by atoms with Crippen LogP contribution < -0.4 is 0 Å². The Labute approximate surface area is 125 Å². The van der Waals surface area contributed by atoms with Gasteiger partial charge in [0, 0.05) is 24.2 Å². The van der Waals surface area contributed by atoms with Crippen molar-refractivity contribution in [1.29, 1.82) is 0 Å². The molecule has 1 aromatic heterocycles. The highest BCUT2D eigenvalue weighted by atomic mass is 16.2. The summed E-state index contributed by atoms with van der Waals surface area (Å²) in [6, 6.07) is 7.75. The fourth-order valence-electron chi connectivity index (χ4n) is 3.31. The van der Waals surface area contributed by atoms with Crippen molar-refractivity contribution in [2.75, 3.05) is 13.1 Å². The van der Waals surface area contributed by atoms with E-state index < -0.39 is 0 Å². The van der Waals surface area contributed by atoms with Gasteiger partial charge >= 0.3 is 0 Å². The summed E-state index contributed by atoms with van der Waals surface area (Å²) in [5, 5.41) is 0. The summed E-state index contributed by atoms with van der Waals surface area (Å²) in [4.78, 5) is 22.0. The predicted molar refractivity (Wildman–Crippen MR) is 82.9 cm³/mol. The Morgan fingerprint density at radius 1 is 1.24 bits per heavy atom. The van der Waals surface area contributed by atoms with Crippen molar-refractivity contribution in [3.05, 3.63) is 42.4 Å². The van der Waals surface area contributed by atoms with E-state index in [1.807, 2.05) is 29.2 Å². The fraction of sp³-hybridized carbons (Fsp3) is 0.412. The number of carbonyl (C=O) groups excluding carboxylic acids is 1. The second-order valence-corrected chi connectivity index (χ2v) is 6.17. The number of imidazole rings is 1. The molecule has 1 fully saturated rings. The van der Waals surface area contributed by atoms with Crippen molar-refractivity contribution < 1.29 is 4.79 Å². The van der Waals surface area contributed by atoms with Gasteiger partial charge in [-0.3, -0.25) is 4.79 Å². The zero-order chi connectivity index (χ0) is 14.8. The predicted octanol–water partition coefficient (Wildman–Crippen LogP) is 3.19. The van der Waals surface area contributed by atoms with Crippen molar-refractivity contribution in [2.45, 2.75) is 20.3 Å². The first-order valence-electron chi connectivity index (χ1n) is 7.52. The molecule has 0 radical (unpaired) electrons. The van der Waals surface area contributed by atoms with Gasteiger partial charge in [0.15, 0.2) is 0 Å². The van der Waals surface area contributed by atoms with Crippen LogP contribution in [0, 0.1) is 11.8 Å². The van der Waals surface area contributed by atoms with Crippen LogP contribution in [0.4, 0.5) is 0 Å². The average molecular weight is 283 g/mol. The summed E-state index contributed by atoms with van der Waals surface area (Å²) in [5.41, 5.74) is 2.56. The molecule has 1 aliphatic rings. The standard InChI is InChI=1S/C17H21N3O/c1-12-7-13(2)10-20(9-12)17(21)15-6-4-3-5-14(15)16-8-18-11-19-16/h3-6,8,11-13H,7,9-10H2,1-2H3,(H,18,19). The van der Waals surface area contributed by atoms with Crippen LogP contribution in [0.25, 0.3) is 11.3 Å². The van der Waals surface area contributed by atoms with Crippen LogP contribution in [0.15, 0.2) is 36.8 Å². The lowest BCUT2D eigenvalue weighted by molar-refractivity contribution is 0.0624. The number of aromatic nitrogens is 2. The third-order valence-electron chi connectivity index (χ3n) is 4.10. The lowest BCUT2D eigenvalue weighted by Crippen LogP contribution is -2.42. The molecule has 0 saturated carbocycles. The highest BCUT2D eigenvalue weighted by Gasteiger charge is 2.27. The van der Waals surface area contributed by atoms with Crippen molar-refractivity contribution in [1.82, 2.24) is 14.9 Å². The van der Waals surface area contributed by atoms with E-state index in [1.54, 1.807) is 12.5 Å². The van der Waals surface area contributed by atoms with Crippen LogP contribution in [0.1, 0.15) is 30.6 Å². The van der Waals surface area contributed by atoms with Gasteiger partial charge in [0.2, 0.25) is 0 Å². The topological polar surface area (TPSA) is 49.0 Å². The van der Waals surface area contributed by atoms with Crippen LogP contribution in [-0.2, 0) is 0 Å². The summed E-state index contributed by atoms with van der Waals surface area (Å²) in [6.45, 7) is 6.13. The zero-order valence-electron chi connectivity index (χ0n) is 12.5. The summed E-state index contributed by atoms with van der Waals surface area (Å²) in [5.74, 6) is 1.26. The lowest BCUT2D eigenvalue weighted by Gasteiger charge is -2.35. The maximum absolute atomic E-state index is 12.9. The molecule has 0 aliphatic carbocycles. The van der Waals surface area contributed by atoms with E-state index in [0.29, 0.717) is 11.8 Å². The molecule has 2 unspecified atom stereocenters. The Morgan fingerprint density at radius 3 is 2.62 bits per heavy atom. The quantitative estimate of drug-likeness (QED) is 0.920. The first-order valence-corrected chi connectivity index (χ1v) is 7.52. The van der Waals surface area contributed by atoms with Crippen molar-refractivity contribution in [3.8, 4) is 11.3 Å². The Hall–Kier alpha value is -2.10. The Balaban J connectivity index is 1.92. The maximum atomic E-state index is 12.9. The SMILES string of the molecule is CC1CC(C)CN(C(=O)c2ccccc2-c2cnc[nH]2)C1. The third kappa shape index (κ3) is 2.84. The zero-order valence-corrected chi connectivity index (χ0v) is 12.5. The molecule has 1 N–H and O–H groups in total. The van der Waals surface area contributed by atoms with Crippen LogP contribution >= 0.6 is 0 Å². The van der Waals surface area contributed by atoms with Crippen molar-refractivity contribution >= 4 is 5.91 Å². The molecule has 1 amide bonds. The Bertz CT molecular complexity index is 611. The first-order chi connectivity index (χ1) is 10.1. The number of benzene rings is 1. The molecule has 3 rings (SSSR count). The van der Waals surface area contributed by atoms with E-state index in [4.69, 9.17) is 0 Å². The van der Waals surface area contributed by atoms with Gasteiger partial charge in [0.05, 0.1) is 18.2 Å². The van der Waals surface area contributed by atoms with Gasteiger partial charge in [-0.1, -0.05) is 32.0 Å². The van der Waals surface area contributed by atoms with Crippen LogP contribution in [0.3, 0.4) is 0 Å². The average Bonchev–Trinajstić information content (AvgIpc) is 2.99. The number of carbonyl (C=O) groups is 1. The van der Waals surface area contributed by atoms with E-state index in [9.17, 15) is 4.79 Å². The van der Waals surface area contributed by atoms with Gasteiger partial charge in [-0.05, 0) is 24.3 Å². The summed E-state index contributed by atoms with van der Waals surface area (Å²) in [7, 11) is 0. The molecule has 0 spiro atoms. The van der Waals surface area contributed by atoms with E-state index in [0.717, 1.165) is 29.9 Å². The van der Waals surface area contributed by atoms with Crippen molar-refractivity contribution in [3.63, 3.8) is 0 Å². The van der Waals surface area contributed by atoms with Crippen molar-refractivity contribution in [2.24, 2.45) is 11.8 Å². The molecular formula is C17H21N3O. The number of amides is 1. The molecule has 2 aromatic rings. The van der Waals surface area contributed by atoms with Gasteiger partial charge in [-0.15, -0.1) is 0 Å². The smallest absolute Gasteiger partial charge is 0.254 e. The number of nitrogens with zero attached hydrogens (tertiary/aromatic N) is 2.